The van der Waals surface area contributed by atoms with Crippen LogP contribution >= 0.6 is 24.8 Å². The van der Waals surface area contributed by atoms with Crippen LogP contribution in [0, 0.1) is 0 Å². The number of nitrogens with one attached hydrogen (secondary N) is 1. The van der Waals surface area contributed by atoms with Crippen molar-refractivity contribution in [1.82, 2.24) is 5.32 Å². The van der Waals surface area contributed by atoms with Crippen molar-refractivity contribution in [2.45, 2.75) is 0 Å². The highest BCUT2D eigenvalue weighted by atomic mass is 35.5. The van der Waals surface area contributed by atoms with E-state index in [2.05, 4.69) is 18.5 Å². The van der Waals surface area contributed by atoms with Gasteiger partial charge in [-0.3, -0.25) is 0 Å². The molecule has 0 fully saturated rings. The van der Waals surface area contributed by atoms with Gasteiger partial charge in [0.1, 0.15) is 0 Å². The molecule has 0 heterocycles. The minimum absolute atomic E-state index is 0. The van der Waals surface area contributed by atoms with Crippen LogP contribution in [0.1, 0.15) is 0 Å². The van der Waals surface area contributed by atoms with E-state index in [0.717, 1.165) is 13.1 Å². The summed E-state index contributed by atoms with van der Waals surface area (Å²) in [4.78, 5) is 0. The minimum atomic E-state index is 0. The quantitative estimate of drug-likeness (QED) is 0.501. The van der Waals surface area contributed by atoms with E-state index in [9.17, 15) is 0 Å². The summed E-state index contributed by atoms with van der Waals surface area (Å²) in [6.07, 6.45) is 3.65. The van der Waals surface area contributed by atoms with Gasteiger partial charge in [0.15, 0.2) is 0 Å². The first-order valence-electron chi connectivity index (χ1n) is 2.34. The van der Waals surface area contributed by atoms with E-state index in [0.29, 0.717) is 0 Å². The molecule has 1 N–H and O–H groups in total. The molecule has 0 amide bonds. The van der Waals surface area contributed by atoms with Gasteiger partial charge in [0, 0.05) is 13.1 Å². The zero-order valence-corrected chi connectivity index (χ0v) is 6.93. The van der Waals surface area contributed by atoms with Crippen LogP contribution in [0.15, 0.2) is 25.3 Å². The van der Waals surface area contributed by atoms with E-state index in [-0.39, 0.29) is 24.8 Å². The predicted molar refractivity (Wildman–Crippen MR) is 47.8 cm³/mol. The van der Waals surface area contributed by atoms with Gasteiger partial charge in [0.25, 0.3) is 0 Å². The predicted octanol–water partition coefficient (Wildman–Crippen LogP) is 1.79. The summed E-state index contributed by atoms with van der Waals surface area (Å²) >= 11 is 0. The molecule has 0 spiro atoms. The lowest BCUT2D eigenvalue weighted by Gasteiger charge is -1.90. The van der Waals surface area contributed by atoms with Crippen molar-refractivity contribution in [2.75, 3.05) is 13.1 Å². The Labute approximate surface area is 69.0 Å². The molecule has 0 saturated heterocycles. The first kappa shape index (κ1) is 16.0. The zero-order chi connectivity index (χ0) is 5.54. The average molecular weight is 170 g/mol. The molecule has 0 aliphatic rings. The second-order valence-corrected chi connectivity index (χ2v) is 1.24. The monoisotopic (exact) mass is 169 g/mol. The summed E-state index contributed by atoms with van der Waals surface area (Å²) in [6, 6.07) is 0. The highest BCUT2D eigenvalue weighted by Gasteiger charge is 1.69. The number of rotatable bonds is 4. The van der Waals surface area contributed by atoms with Crippen molar-refractivity contribution in [3.05, 3.63) is 25.3 Å². The standard InChI is InChI=1S/C6H11N.2ClH/c1-3-5-7-6-4-2;;/h3-4,7H,1-2,5-6H2;2*1H. The Bertz CT molecular complexity index is 56.1. The van der Waals surface area contributed by atoms with Gasteiger partial charge in [0.05, 0.1) is 0 Å². The molecule has 0 unspecified atom stereocenters. The van der Waals surface area contributed by atoms with Crippen LogP contribution in [0.3, 0.4) is 0 Å². The first-order valence-corrected chi connectivity index (χ1v) is 2.34. The lowest BCUT2D eigenvalue weighted by Crippen LogP contribution is -2.11. The van der Waals surface area contributed by atoms with Crippen LogP contribution in [0.4, 0.5) is 0 Å². The highest BCUT2D eigenvalue weighted by Crippen LogP contribution is 1.59. The van der Waals surface area contributed by atoms with E-state index < -0.39 is 0 Å². The molecule has 0 rings (SSSR count). The van der Waals surface area contributed by atoms with Gasteiger partial charge in [-0.05, 0) is 0 Å². The smallest absolute Gasteiger partial charge is 0.0135 e. The Hall–Kier alpha value is 0.0200. The maximum absolute atomic E-state index is 3.54. The van der Waals surface area contributed by atoms with Crippen LogP contribution in [-0.4, -0.2) is 13.1 Å². The lowest BCUT2D eigenvalue weighted by molar-refractivity contribution is 0.845. The van der Waals surface area contributed by atoms with E-state index in [1.54, 1.807) is 0 Å². The maximum Gasteiger partial charge on any atom is 0.0135 e. The highest BCUT2D eigenvalue weighted by molar-refractivity contribution is 5.85. The van der Waals surface area contributed by atoms with Gasteiger partial charge >= 0.3 is 0 Å². The van der Waals surface area contributed by atoms with Crippen LogP contribution in [0.2, 0.25) is 0 Å². The Morgan fingerprint density at radius 3 is 1.56 bits per heavy atom. The fourth-order valence-electron chi connectivity index (χ4n) is 0.287. The third-order valence-corrected chi connectivity index (χ3v) is 0.577. The molecule has 9 heavy (non-hydrogen) atoms. The van der Waals surface area contributed by atoms with E-state index in [1.807, 2.05) is 12.2 Å². The Kier molecular flexibility index (Phi) is 27.9. The summed E-state index contributed by atoms with van der Waals surface area (Å²) in [7, 11) is 0. The third-order valence-electron chi connectivity index (χ3n) is 0.577. The Balaban J connectivity index is -0.000000180. The average Bonchev–Trinajstić information content (AvgIpc) is 1.69. The first-order chi connectivity index (χ1) is 3.41. The summed E-state index contributed by atoms with van der Waals surface area (Å²) in [6.45, 7) is 8.81. The SMILES string of the molecule is C=CCNCC=C.Cl.Cl. The second kappa shape index (κ2) is 15.7. The van der Waals surface area contributed by atoms with Crippen molar-refractivity contribution >= 4 is 24.8 Å². The molecule has 1 nitrogen and oxygen atoms in total. The van der Waals surface area contributed by atoms with E-state index >= 15 is 0 Å². The number of hydrogen-bond acceptors (Lipinski definition) is 1. The number of halogens is 2. The normalized spacial score (nSPS) is 6.22. The van der Waals surface area contributed by atoms with Gasteiger partial charge in [-0.1, -0.05) is 12.2 Å². The van der Waals surface area contributed by atoms with E-state index in [1.165, 1.54) is 0 Å². The third kappa shape index (κ3) is 18.0. The topological polar surface area (TPSA) is 12.0 Å². The minimum Gasteiger partial charge on any atom is -0.310 e. The van der Waals surface area contributed by atoms with Gasteiger partial charge in [-0.2, -0.15) is 0 Å². The molecule has 3 heteroatoms. The van der Waals surface area contributed by atoms with Gasteiger partial charge in [0.2, 0.25) is 0 Å². The Morgan fingerprint density at radius 1 is 1.00 bits per heavy atom. The molecule has 0 bridgehead atoms. The van der Waals surface area contributed by atoms with Gasteiger partial charge < -0.3 is 5.32 Å². The number of hydrogen-bond donors (Lipinski definition) is 1. The molecule has 0 aliphatic heterocycles. The molecule has 0 radical (unpaired) electrons. The molecule has 0 aliphatic carbocycles. The summed E-state index contributed by atoms with van der Waals surface area (Å²) in [5.41, 5.74) is 0. The maximum atomic E-state index is 3.54. The van der Waals surface area contributed by atoms with Crippen molar-refractivity contribution in [1.29, 1.82) is 0 Å². The fraction of sp³-hybridized carbons (Fsp3) is 0.333. The molecule has 0 atom stereocenters. The molecule has 0 aromatic heterocycles. The van der Waals surface area contributed by atoms with Crippen LogP contribution in [0.25, 0.3) is 0 Å². The molecule has 0 saturated carbocycles. The van der Waals surface area contributed by atoms with Crippen LogP contribution < -0.4 is 5.32 Å². The van der Waals surface area contributed by atoms with Crippen LogP contribution in [-0.2, 0) is 0 Å². The van der Waals surface area contributed by atoms with Crippen molar-refractivity contribution in [3.8, 4) is 0 Å². The van der Waals surface area contributed by atoms with Gasteiger partial charge in [-0.25, -0.2) is 0 Å². The zero-order valence-electron chi connectivity index (χ0n) is 5.30. The largest absolute Gasteiger partial charge is 0.310 e. The van der Waals surface area contributed by atoms with Crippen molar-refractivity contribution in [2.24, 2.45) is 0 Å². The fourth-order valence-corrected chi connectivity index (χ4v) is 0.287. The molecule has 0 aromatic rings. The lowest BCUT2D eigenvalue weighted by atomic mass is 10.5. The van der Waals surface area contributed by atoms with Gasteiger partial charge in [-0.15, -0.1) is 38.0 Å². The van der Waals surface area contributed by atoms with Crippen LogP contribution in [0.5, 0.6) is 0 Å². The molecular weight excluding hydrogens is 157 g/mol. The summed E-state index contributed by atoms with van der Waals surface area (Å²) in [5.74, 6) is 0. The molecule has 0 aromatic carbocycles. The van der Waals surface area contributed by atoms with Crippen molar-refractivity contribution in [3.63, 3.8) is 0 Å². The Morgan fingerprint density at radius 2 is 1.33 bits per heavy atom. The van der Waals surface area contributed by atoms with E-state index in [4.69, 9.17) is 0 Å². The second-order valence-electron chi connectivity index (χ2n) is 1.24. The molecule has 56 valence electrons. The summed E-state index contributed by atoms with van der Waals surface area (Å²) < 4.78 is 0. The molecular formula is C6H13Cl2N. The van der Waals surface area contributed by atoms with Crippen molar-refractivity contribution < 1.29 is 0 Å². The summed E-state index contributed by atoms with van der Waals surface area (Å²) in [5, 5.41) is 3.05.